The summed E-state index contributed by atoms with van der Waals surface area (Å²) in [6.07, 6.45) is 0.215. The molecule has 0 aliphatic rings. The van der Waals surface area contributed by atoms with Gasteiger partial charge in [-0.05, 0) is 34.9 Å². The van der Waals surface area contributed by atoms with E-state index >= 15 is 0 Å². The van der Waals surface area contributed by atoms with E-state index < -0.39 is 0 Å². The third-order valence-electron chi connectivity index (χ3n) is 4.80. The minimum atomic E-state index is -0.0819. The lowest BCUT2D eigenvalue weighted by Gasteiger charge is -2.13. The number of benzene rings is 3. The van der Waals surface area contributed by atoms with Crippen molar-refractivity contribution in [3.63, 3.8) is 0 Å². The molecular formula is C25H27NO4. The molecule has 0 heterocycles. The molecule has 30 heavy (non-hydrogen) atoms. The fourth-order valence-electron chi connectivity index (χ4n) is 3.17. The Balaban J connectivity index is 1.56. The van der Waals surface area contributed by atoms with Gasteiger partial charge in [-0.1, -0.05) is 54.6 Å². The second-order valence-corrected chi connectivity index (χ2v) is 6.88. The maximum absolute atomic E-state index is 12.5. The summed E-state index contributed by atoms with van der Waals surface area (Å²) in [5.41, 5.74) is 4.02. The largest absolute Gasteiger partial charge is 0.497 e. The highest BCUT2D eigenvalue weighted by molar-refractivity contribution is 5.79. The Kier molecular flexibility index (Phi) is 7.86. The molecular weight excluding hydrogens is 378 g/mol. The zero-order valence-corrected chi connectivity index (χ0v) is 17.4. The molecule has 0 atom stereocenters. The second-order valence-electron chi connectivity index (χ2n) is 6.88. The van der Waals surface area contributed by atoms with Crippen LogP contribution in [0.5, 0.6) is 11.5 Å². The monoisotopic (exact) mass is 405 g/mol. The smallest absolute Gasteiger partial charge is 0.224 e. The van der Waals surface area contributed by atoms with Crippen molar-refractivity contribution in [2.75, 3.05) is 14.2 Å². The molecule has 156 valence electrons. The lowest BCUT2D eigenvalue weighted by molar-refractivity contribution is -0.120. The highest BCUT2D eigenvalue weighted by atomic mass is 16.5. The summed E-state index contributed by atoms with van der Waals surface area (Å²) >= 11 is 0. The highest BCUT2D eigenvalue weighted by Gasteiger charge is 2.11. The summed E-state index contributed by atoms with van der Waals surface area (Å²) in [6, 6.07) is 23.5. The van der Waals surface area contributed by atoms with Crippen molar-refractivity contribution >= 4 is 5.91 Å². The molecule has 3 rings (SSSR count). The van der Waals surface area contributed by atoms with E-state index in [4.69, 9.17) is 14.2 Å². The summed E-state index contributed by atoms with van der Waals surface area (Å²) in [5, 5.41) is 2.99. The van der Waals surface area contributed by atoms with Crippen LogP contribution in [0.1, 0.15) is 22.3 Å². The molecule has 0 aliphatic carbocycles. The van der Waals surface area contributed by atoms with Gasteiger partial charge in [-0.25, -0.2) is 0 Å². The number of amides is 1. The van der Waals surface area contributed by atoms with Crippen LogP contribution in [0.2, 0.25) is 0 Å². The van der Waals surface area contributed by atoms with Crippen molar-refractivity contribution < 1.29 is 19.0 Å². The number of ether oxygens (including phenoxy) is 3. The third-order valence-corrected chi connectivity index (χ3v) is 4.80. The fourth-order valence-corrected chi connectivity index (χ4v) is 3.17. The van der Waals surface area contributed by atoms with Gasteiger partial charge in [0.05, 0.1) is 33.9 Å². The lowest BCUT2D eigenvalue weighted by Crippen LogP contribution is -2.25. The molecule has 0 aliphatic heterocycles. The van der Waals surface area contributed by atoms with Gasteiger partial charge in [-0.2, -0.15) is 0 Å². The molecule has 0 saturated heterocycles. The van der Waals surface area contributed by atoms with Crippen molar-refractivity contribution in [1.82, 2.24) is 5.32 Å². The molecule has 1 N–H and O–H groups in total. The highest BCUT2D eigenvalue weighted by Crippen LogP contribution is 2.24. The number of carbonyl (C=O) groups is 1. The van der Waals surface area contributed by atoms with E-state index in [9.17, 15) is 4.79 Å². The Morgan fingerprint density at radius 1 is 0.800 bits per heavy atom. The number of hydrogen-bond acceptors (Lipinski definition) is 4. The van der Waals surface area contributed by atoms with Gasteiger partial charge in [-0.3, -0.25) is 4.79 Å². The van der Waals surface area contributed by atoms with Crippen LogP contribution in [-0.2, 0) is 35.7 Å². The molecule has 5 heteroatoms. The minimum Gasteiger partial charge on any atom is -0.497 e. The minimum absolute atomic E-state index is 0.0819. The number of carbonyl (C=O) groups excluding carboxylic acids is 1. The first-order valence-electron chi connectivity index (χ1n) is 9.85. The van der Waals surface area contributed by atoms with E-state index in [-0.39, 0.29) is 12.3 Å². The van der Waals surface area contributed by atoms with Crippen LogP contribution in [0.25, 0.3) is 0 Å². The Bertz CT molecular complexity index is 956. The van der Waals surface area contributed by atoms with E-state index in [0.29, 0.717) is 31.3 Å². The van der Waals surface area contributed by atoms with Crippen LogP contribution in [0, 0.1) is 0 Å². The summed E-state index contributed by atoms with van der Waals surface area (Å²) in [6.45, 7) is 1.48. The maximum Gasteiger partial charge on any atom is 0.224 e. The summed E-state index contributed by atoms with van der Waals surface area (Å²) in [7, 11) is 3.19. The molecule has 3 aromatic rings. The normalized spacial score (nSPS) is 10.5. The SMILES string of the molecule is COc1ccc(OC)c(CC(=O)NCc2ccccc2COCc2ccccc2)c1. The van der Waals surface area contributed by atoms with Crippen molar-refractivity contribution in [3.8, 4) is 11.5 Å². The molecule has 3 aromatic carbocycles. The number of rotatable bonds is 10. The van der Waals surface area contributed by atoms with E-state index in [1.165, 1.54) is 0 Å². The van der Waals surface area contributed by atoms with Crippen LogP contribution < -0.4 is 14.8 Å². The molecule has 0 saturated carbocycles. The molecule has 0 bridgehead atoms. The first-order valence-corrected chi connectivity index (χ1v) is 9.85. The van der Waals surface area contributed by atoms with Gasteiger partial charge in [0.1, 0.15) is 11.5 Å². The first-order chi connectivity index (χ1) is 14.7. The van der Waals surface area contributed by atoms with Crippen LogP contribution >= 0.6 is 0 Å². The van der Waals surface area contributed by atoms with E-state index in [2.05, 4.69) is 5.32 Å². The predicted molar refractivity (Wildman–Crippen MR) is 116 cm³/mol. The number of methoxy groups -OCH3 is 2. The van der Waals surface area contributed by atoms with E-state index in [1.807, 2.05) is 66.7 Å². The van der Waals surface area contributed by atoms with Gasteiger partial charge in [0, 0.05) is 12.1 Å². The molecule has 0 radical (unpaired) electrons. The Morgan fingerprint density at radius 2 is 1.53 bits per heavy atom. The molecule has 0 fully saturated rings. The van der Waals surface area contributed by atoms with Gasteiger partial charge < -0.3 is 19.5 Å². The van der Waals surface area contributed by atoms with Crippen LogP contribution in [0.15, 0.2) is 72.8 Å². The second kappa shape index (κ2) is 11.0. The van der Waals surface area contributed by atoms with Crippen molar-refractivity contribution in [3.05, 3.63) is 95.1 Å². The van der Waals surface area contributed by atoms with Gasteiger partial charge in [0.2, 0.25) is 5.91 Å². The molecule has 5 nitrogen and oxygen atoms in total. The average Bonchev–Trinajstić information content (AvgIpc) is 2.79. The Morgan fingerprint density at radius 3 is 2.27 bits per heavy atom. The topological polar surface area (TPSA) is 56.8 Å². The van der Waals surface area contributed by atoms with Crippen LogP contribution in [0.4, 0.5) is 0 Å². The summed E-state index contributed by atoms with van der Waals surface area (Å²) in [4.78, 5) is 12.5. The molecule has 1 amide bonds. The van der Waals surface area contributed by atoms with Crippen molar-refractivity contribution in [1.29, 1.82) is 0 Å². The van der Waals surface area contributed by atoms with Gasteiger partial charge in [0.25, 0.3) is 0 Å². The summed E-state index contributed by atoms with van der Waals surface area (Å²) < 4.78 is 16.5. The van der Waals surface area contributed by atoms with E-state index in [1.54, 1.807) is 20.3 Å². The first kappa shape index (κ1) is 21.4. The quantitative estimate of drug-likeness (QED) is 0.547. The molecule has 0 spiro atoms. The van der Waals surface area contributed by atoms with Crippen LogP contribution in [0.3, 0.4) is 0 Å². The maximum atomic E-state index is 12.5. The van der Waals surface area contributed by atoms with Gasteiger partial charge >= 0.3 is 0 Å². The molecule has 0 unspecified atom stereocenters. The fraction of sp³-hybridized carbons (Fsp3) is 0.240. The third kappa shape index (κ3) is 6.09. The Hall–Kier alpha value is -3.31. The summed E-state index contributed by atoms with van der Waals surface area (Å²) in [5.74, 6) is 1.28. The molecule has 0 aromatic heterocycles. The lowest BCUT2D eigenvalue weighted by atomic mass is 10.1. The van der Waals surface area contributed by atoms with Crippen molar-refractivity contribution in [2.45, 2.75) is 26.2 Å². The average molecular weight is 405 g/mol. The Labute approximate surface area is 177 Å². The standard InChI is InChI=1S/C25H27NO4/c1-28-23-12-13-24(29-2)22(14-23)15-25(27)26-16-20-10-6-7-11-21(20)18-30-17-19-8-4-3-5-9-19/h3-14H,15-18H2,1-2H3,(H,26,27). The van der Waals surface area contributed by atoms with Crippen LogP contribution in [-0.4, -0.2) is 20.1 Å². The van der Waals surface area contributed by atoms with E-state index in [0.717, 1.165) is 22.3 Å². The predicted octanol–water partition coefficient (Wildman–Crippen LogP) is 4.28. The zero-order chi connectivity index (χ0) is 21.2. The zero-order valence-electron chi connectivity index (χ0n) is 17.4. The number of hydrogen-bond donors (Lipinski definition) is 1. The number of nitrogens with one attached hydrogen (secondary N) is 1. The van der Waals surface area contributed by atoms with Gasteiger partial charge in [0.15, 0.2) is 0 Å². The van der Waals surface area contributed by atoms with Crippen molar-refractivity contribution in [2.24, 2.45) is 0 Å². The van der Waals surface area contributed by atoms with Gasteiger partial charge in [-0.15, -0.1) is 0 Å².